The lowest BCUT2D eigenvalue weighted by Gasteiger charge is -2.39. The van der Waals surface area contributed by atoms with Crippen LogP contribution in [0.1, 0.15) is 6.92 Å². The molecule has 1 aromatic carbocycles. The normalized spacial score (nSPS) is 21.9. The van der Waals surface area contributed by atoms with Crippen LogP contribution in [0, 0.1) is 11.6 Å². The summed E-state index contributed by atoms with van der Waals surface area (Å²) in [4.78, 5) is 4.15. The Kier molecular flexibility index (Phi) is 3.19. The largest absolute Gasteiger partial charge is 0.395 e. The van der Waals surface area contributed by atoms with E-state index in [0.29, 0.717) is 11.7 Å². The summed E-state index contributed by atoms with van der Waals surface area (Å²) in [5.41, 5.74) is 6.16. The van der Waals surface area contributed by atoms with Gasteiger partial charge >= 0.3 is 0 Å². The minimum Gasteiger partial charge on any atom is -0.395 e. The van der Waals surface area contributed by atoms with Gasteiger partial charge in [-0.05, 0) is 20.0 Å². The molecule has 1 fully saturated rings. The van der Waals surface area contributed by atoms with Gasteiger partial charge in [0.15, 0.2) is 5.82 Å². The molecule has 1 aliphatic rings. The molecule has 2 N–H and O–H groups in total. The first-order valence-corrected chi connectivity index (χ1v) is 5.68. The molecule has 0 spiro atoms. The van der Waals surface area contributed by atoms with Crippen LogP contribution < -0.4 is 10.6 Å². The first-order chi connectivity index (χ1) is 7.99. The van der Waals surface area contributed by atoms with Gasteiger partial charge in [-0.3, -0.25) is 0 Å². The Morgan fingerprint density at radius 2 is 2.00 bits per heavy atom. The third-order valence-electron chi connectivity index (χ3n) is 3.37. The summed E-state index contributed by atoms with van der Waals surface area (Å²) in [6, 6.07) is 2.46. The van der Waals surface area contributed by atoms with E-state index < -0.39 is 11.6 Å². The second-order valence-electron chi connectivity index (χ2n) is 4.60. The van der Waals surface area contributed by atoms with Crippen LogP contribution >= 0.6 is 0 Å². The molecule has 1 unspecified atom stereocenters. The average molecular weight is 241 g/mol. The van der Waals surface area contributed by atoms with Crippen molar-refractivity contribution < 1.29 is 8.78 Å². The number of nitrogen functional groups attached to an aromatic ring is 1. The number of halogens is 2. The summed E-state index contributed by atoms with van der Waals surface area (Å²) in [6.07, 6.45) is 0. The van der Waals surface area contributed by atoms with Crippen LogP contribution in [-0.2, 0) is 0 Å². The highest BCUT2D eigenvalue weighted by Crippen LogP contribution is 2.28. The van der Waals surface area contributed by atoms with Crippen LogP contribution in [0.5, 0.6) is 0 Å². The monoisotopic (exact) mass is 241 g/mol. The summed E-state index contributed by atoms with van der Waals surface area (Å²) in [7, 11) is 2.04. The van der Waals surface area contributed by atoms with E-state index in [9.17, 15) is 8.78 Å². The maximum atomic E-state index is 13.4. The zero-order chi connectivity index (χ0) is 12.6. The number of piperazine rings is 1. The summed E-state index contributed by atoms with van der Waals surface area (Å²) in [5, 5.41) is 0. The number of rotatable bonds is 1. The number of anilines is 2. The molecule has 17 heavy (non-hydrogen) atoms. The molecule has 5 heteroatoms. The molecule has 0 amide bonds. The highest BCUT2D eigenvalue weighted by molar-refractivity contribution is 5.68. The SMILES string of the molecule is CC1CN(c2cc(F)cc(F)c2N)CCN1C. The minimum absolute atomic E-state index is 0.0307. The number of nitrogens with two attached hydrogens (primary N) is 1. The smallest absolute Gasteiger partial charge is 0.151 e. The van der Waals surface area contributed by atoms with Gasteiger partial charge in [0.2, 0.25) is 0 Å². The fraction of sp³-hybridized carbons (Fsp3) is 0.500. The molecule has 0 aliphatic carbocycles. The van der Waals surface area contributed by atoms with Crippen molar-refractivity contribution in [1.29, 1.82) is 0 Å². The Morgan fingerprint density at radius 1 is 1.29 bits per heavy atom. The van der Waals surface area contributed by atoms with E-state index in [0.717, 1.165) is 25.7 Å². The Balaban J connectivity index is 2.28. The molecule has 94 valence electrons. The third kappa shape index (κ3) is 2.34. The van der Waals surface area contributed by atoms with E-state index >= 15 is 0 Å². The highest BCUT2D eigenvalue weighted by atomic mass is 19.1. The van der Waals surface area contributed by atoms with Crippen LogP contribution in [0.2, 0.25) is 0 Å². The van der Waals surface area contributed by atoms with Crippen LogP contribution in [-0.4, -0.2) is 37.6 Å². The Morgan fingerprint density at radius 3 is 2.65 bits per heavy atom. The molecular formula is C12H17F2N3. The Bertz CT molecular complexity index is 422. The van der Waals surface area contributed by atoms with E-state index in [4.69, 9.17) is 5.73 Å². The average Bonchev–Trinajstić information content (AvgIpc) is 2.27. The Labute approximate surface area is 99.8 Å². The fourth-order valence-electron chi connectivity index (χ4n) is 2.10. The van der Waals surface area contributed by atoms with Gasteiger partial charge in [-0.1, -0.05) is 0 Å². The Hall–Kier alpha value is -1.36. The van der Waals surface area contributed by atoms with E-state index in [1.54, 1.807) is 0 Å². The molecule has 0 aromatic heterocycles. The molecule has 0 radical (unpaired) electrons. The molecule has 1 atom stereocenters. The van der Waals surface area contributed by atoms with Gasteiger partial charge in [0, 0.05) is 31.7 Å². The molecule has 1 aliphatic heterocycles. The lowest BCUT2D eigenvalue weighted by Crippen LogP contribution is -2.50. The van der Waals surface area contributed by atoms with Gasteiger partial charge in [-0.15, -0.1) is 0 Å². The topological polar surface area (TPSA) is 32.5 Å². The second-order valence-corrected chi connectivity index (χ2v) is 4.60. The predicted molar refractivity (Wildman–Crippen MR) is 65.1 cm³/mol. The van der Waals surface area contributed by atoms with Gasteiger partial charge in [0.05, 0.1) is 11.4 Å². The highest BCUT2D eigenvalue weighted by Gasteiger charge is 2.23. The number of hydrogen-bond donors (Lipinski definition) is 1. The summed E-state index contributed by atoms with van der Waals surface area (Å²) < 4.78 is 26.6. The fourth-order valence-corrected chi connectivity index (χ4v) is 2.10. The zero-order valence-electron chi connectivity index (χ0n) is 10.1. The lowest BCUT2D eigenvalue weighted by atomic mass is 10.1. The van der Waals surface area contributed by atoms with E-state index in [2.05, 4.69) is 11.8 Å². The van der Waals surface area contributed by atoms with Crippen LogP contribution in [0.25, 0.3) is 0 Å². The van der Waals surface area contributed by atoms with Crippen LogP contribution in [0.15, 0.2) is 12.1 Å². The number of hydrogen-bond acceptors (Lipinski definition) is 3. The van der Waals surface area contributed by atoms with Crippen LogP contribution in [0.3, 0.4) is 0 Å². The molecule has 0 bridgehead atoms. The first kappa shape index (κ1) is 12.1. The molecule has 3 nitrogen and oxygen atoms in total. The molecule has 1 aromatic rings. The van der Waals surface area contributed by atoms with Crippen molar-refractivity contribution in [1.82, 2.24) is 4.90 Å². The predicted octanol–water partition coefficient (Wildman–Crippen LogP) is 1.69. The lowest BCUT2D eigenvalue weighted by molar-refractivity contribution is 0.234. The minimum atomic E-state index is -0.688. The van der Waals surface area contributed by atoms with Crippen molar-refractivity contribution in [2.24, 2.45) is 0 Å². The zero-order valence-corrected chi connectivity index (χ0v) is 10.1. The second kappa shape index (κ2) is 4.49. The number of benzene rings is 1. The van der Waals surface area contributed by atoms with Crippen molar-refractivity contribution in [3.05, 3.63) is 23.8 Å². The first-order valence-electron chi connectivity index (χ1n) is 5.68. The van der Waals surface area contributed by atoms with E-state index in [-0.39, 0.29) is 5.69 Å². The van der Waals surface area contributed by atoms with Gasteiger partial charge in [-0.2, -0.15) is 0 Å². The summed E-state index contributed by atoms with van der Waals surface area (Å²) in [5.74, 6) is -1.27. The maximum Gasteiger partial charge on any atom is 0.151 e. The molecule has 0 saturated carbocycles. The molecule has 2 rings (SSSR count). The molecular weight excluding hydrogens is 224 g/mol. The third-order valence-corrected chi connectivity index (χ3v) is 3.37. The van der Waals surface area contributed by atoms with Crippen molar-refractivity contribution >= 4 is 11.4 Å². The summed E-state index contributed by atoms with van der Waals surface area (Å²) in [6.45, 7) is 4.40. The standard InChI is InChI=1S/C12H17F2N3/c1-8-7-17(4-3-16(8)2)11-6-9(13)5-10(14)12(11)15/h5-6,8H,3-4,7,15H2,1-2H3. The van der Waals surface area contributed by atoms with Crippen molar-refractivity contribution in [3.63, 3.8) is 0 Å². The van der Waals surface area contributed by atoms with Crippen LogP contribution in [0.4, 0.5) is 20.2 Å². The van der Waals surface area contributed by atoms with E-state index in [1.807, 2.05) is 11.9 Å². The molecule has 1 saturated heterocycles. The van der Waals surface area contributed by atoms with Gasteiger partial charge in [0.25, 0.3) is 0 Å². The summed E-state index contributed by atoms with van der Waals surface area (Å²) >= 11 is 0. The van der Waals surface area contributed by atoms with Gasteiger partial charge in [0.1, 0.15) is 5.82 Å². The van der Waals surface area contributed by atoms with Gasteiger partial charge in [-0.25, -0.2) is 8.78 Å². The van der Waals surface area contributed by atoms with Crippen molar-refractivity contribution in [2.75, 3.05) is 37.3 Å². The quantitative estimate of drug-likeness (QED) is 0.759. The van der Waals surface area contributed by atoms with Crippen molar-refractivity contribution in [3.8, 4) is 0 Å². The molecule has 1 heterocycles. The van der Waals surface area contributed by atoms with E-state index in [1.165, 1.54) is 6.07 Å². The number of nitrogens with zero attached hydrogens (tertiary/aromatic N) is 2. The van der Waals surface area contributed by atoms with Gasteiger partial charge < -0.3 is 15.5 Å². The van der Waals surface area contributed by atoms with Crippen molar-refractivity contribution in [2.45, 2.75) is 13.0 Å². The maximum absolute atomic E-state index is 13.4. The number of likely N-dealkylation sites (N-methyl/N-ethyl adjacent to an activating group) is 1.